The summed E-state index contributed by atoms with van der Waals surface area (Å²) in [5, 5.41) is 0.638. The Balaban J connectivity index is 2.31. The van der Waals surface area contributed by atoms with Crippen molar-refractivity contribution in [3.63, 3.8) is 0 Å². The zero-order valence-corrected chi connectivity index (χ0v) is 14.3. The number of nitrogens with zero attached hydrogens (tertiary/aromatic N) is 2. The number of carbonyl (C=O) groups excluding carboxylic acids is 1. The van der Waals surface area contributed by atoms with Gasteiger partial charge in [0.05, 0.1) is 5.70 Å². The first kappa shape index (κ1) is 16.3. The fraction of sp³-hybridized carbons (Fsp3) is 0.750. The Bertz CT molecular complexity index is 491. The second kappa shape index (κ2) is 5.99. The summed E-state index contributed by atoms with van der Waals surface area (Å²) in [6.07, 6.45) is 2.34. The van der Waals surface area contributed by atoms with Crippen LogP contribution < -0.4 is 0 Å². The molecular weight excluding hydrogens is 288 g/mol. The van der Waals surface area contributed by atoms with E-state index in [0.717, 1.165) is 30.7 Å². The average Bonchev–Trinajstić information content (AvgIpc) is 2.80. The lowest BCUT2D eigenvalue weighted by Gasteiger charge is -2.30. The predicted molar refractivity (Wildman–Crippen MR) is 85.4 cm³/mol. The van der Waals surface area contributed by atoms with E-state index in [1.54, 1.807) is 4.90 Å². The van der Waals surface area contributed by atoms with Crippen LogP contribution in [0.1, 0.15) is 53.9 Å². The highest BCUT2D eigenvalue weighted by molar-refractivity contribution is 6.65. The maximum absolute atomic E-state index is 12.4. The summed E-state index contributed by atoms with van der Waals surface area (Å²) in [6.45, 7) is 10.7. The quantitative estimate of drug-likeness (QED) is 0.659. The number of aliphatic imine (C=N–C) groups is 1. The molecule has 118 valence electrons. The van der Waals surface area contributed by atoms with Crippen LogP contribution in [0.15, 0.2) is 16.4 Å². The molecule has 0 aliphatic carbocycles. The van der Waals surface area contributed by atoms with E-state index in [4.69, 9.17) is 16.3 Å². The molecule has 2 aliphatic rings. The summed E-state index contributed by atoms with van der Waals surface area (Å²) in [4.78, 5) is 18.6. The molecule has 4 nitrogen and oxygen atoms in total. The van der Waals surface area contributed by atoms with Gasteiger partial charge >= 0.3 is 6.09 Å². The molecule has 0 saturated carbocycles. The van der Waals surface area contributed by atoms with E-state index < -0.39 is 5.60 Å². The van der Waals surface area contributed by atoms with E-state index in [0.29, 0.717) is 23.6 Å². The molecule has 2 heterocycles. The van der Waals surface area contributed by atoms with Crippen LogP contribution in [0.5, 0.6) is 0 Å². The van der Waals surface area contributed by atoms with Crippen molar-refractivity contribution in [1.82, 2.24) is 4.90 Å². The summed E-state index contributed by atoms with van der Waals surface area (Å²) in [5.41, 5.74) is 1.46. The maximum Gasteiger partial charge on any atom is 0.414 e. The van der Waals surface area contributed by atoms with E-state index in [1.807, 2.05) is 20.8 Å². The van der Waals surface area contributed by atoms with Gasteiger partial charge in [0.15, 0.2) is 0 Å². The number of ether oxygens (including phenoxy) is 1. The fourth-order valence-corrected chi connectivity index (χ4v) is 3.11. The third kappa shape index (κ3) is 3.79. The number of rotatable bonds is 0. The number of likely N-dealkylation sites (tertiary alicyclic amines) is 1. The van der Waals surface area contributed by atoms with Crippen LogP contribution >= 0.6 is 11.6 Å². The maximum atomic E-state index is 12.4. The number of hydrogen-bond acceptors (Lipinski definition) is 3. The van der Waals surface area contributed by atoms with Gasteiger partial charge < -0.3 is 4.74 Å². The predicted octanol–water partition coefficient (Wildman–Crippen LogP) is 4.54. The summed E-state index contributed by atoms with van der Waals surface area (Å²) in [5.74, 6) is 0.754. The van der Waals surface area contributed by atoms with Crippen molar-refractivity contribution in [3.05, 3.63) is 11.4 Å². The molecule has 0 spiro atoms. The Morgan fingerprint density at radius 1 is 1.38 bits per heavy atom. The van der Waals surface area contributed by atoms with Crippen molar-refractivity contribution in [1.29, 1.82) is 0 Å². The Labute approximate surface area is 132 Å². The summed E-state index contributed by atoms with van der Waals surface area (Å²) < 4.78 is 5.50. The van der Waals surface area contributed by atoms with Crippen molar-refractivity contribution in [2.75, 3.05) is 6.54 Å². The molecule has 2 aliphatic heterocycles. The van der Waals surface area contributed by atoms with Crippen molar-refractivity contribution in [2.24, 2.45) is 16.8 Å². The van der Waals surface area contributed by atoms with Crippen molar-refractivity contribution in [3.8, 4) is 0 Å². The van der Waals surface area contributed by atoms with E-state index in [9.17, 15) is 4.79 Å². The number of carbonyl (C=O) groups is 1. The molecule has 5 heteroatoms. The van der Waals surface area contributed by atoms with Crippen LogP contribution in [0.2, 0.25) is 0 Å². The first-order chi connectivity index (χ1) is 9.69. The lowest BCUT2D eigenvalue weighted by molar-refractivity contribution is 0.0335. The molecule has 21 heavy (non-hydrogen) atoms. The van der Waals surface area contributed by atoms with E-state index in [1.165, 1.54) is 0 Å². The Kier molecular flexibility index (Phi) is 4.66. The van der Waals surface area contributed by atoms with Crippen LogP contribution in [0.4, 0.5) is 4.79 Å². The zero-order chi connectivity index (χ0) is 15.8. The van der Waals surface area contributed by atoms with E-state index in [2.05, 4.69) is 18.8 Å². The molecule has 1 fully saturated rings. The minimum atomic E-state index is -0.484. The van der Waals surface area contributed by atoms with Gasteiger partial charge in [-0.1, -0.05) is 25.4 Å². The van der Waals surface area contributed by atoms with Gasteiger partial charge in [-0.15, -0.1) is 0 Å². The van der Waals surface area contributed by atoms with Gasteiger partial charge in [0.1, 0.15) is 10.8 Å². The van der Waals surface area contributed by atoms with Gasteiger partial charge in [-0.25, -0.2) is 9.79 Å². The molecule has 1 amide bonds. The topological polar surface area (TPSA) is 41.9 Å². The summed E-state index contributed by atoms with van der Waals surface area (Å²) >= 11 is 6.16. The van der Waals surface area contributed by atoms with Gasteiger partial charge in [-0.3, -0.25) is 4.90 Å². The second-order valence-electron chi connectivity index (χ2n) is 7.03. The highest BCUT2D eigenvalue weighted by Crippen LogP contribution is 2.37. The molecule has 0 bridgehead atoms. The zero-order valence-electron chi connectivity index (χ0n) is 13.6. The molecular formula is C16H25ClN2O2. The number of amides is 1. The third-order valence-corrected chi connectivity index (χ3v) is 4.29. The largest absolute Gasteiger partial charge is 0.443 e. The number of allylic oxidation sites excluding steroid dienone is 2. The lowest BCUT2D eigenvalue weighted by atomic mass is 9.87. The van der Waals surface area contributed by atoms with Crippen molar-refractivity contribution < 1.29 is 9.53 Å². The molecule has 2 rings (SSSR count). The molecule has 0 aromatic heterocycles. The van der Waals surface area contributed by atoms with Gasteiger partial charge in [0, 0.05) is 24.6 Å². The molecule has 1 saturated heterocycles. The first-order valence-electron chi connectivity index (χ1n) is 7.65. The smallest absolute Gasteiger partial charge is 0.414 e. The van der Waals surface area contributed by atoms with Gasteiger partial charge in [-0.2, -0.15) is 0 Å². The first-order valence-corrected chi connectivity index (χ1v) is 8.03. The Morgan fingerprint density at radius 2 is 2.05 bits per heavy atom. The van der Waals surface area contributed by atoms with Gasteiger partial charge in [-0.05, 0) is 39.5 Å². The summed E-state index contributed by atoms with van der Waals surface area (Å²) in [6, 6.07) is 0. The Morgan fingerprint density at radius 3 is 2.67 bits per heavy atom. The van der Waals surface area contributed by atoms with Crippen molar-refractivity contribution in [2.45, 2.75) is 59.5 Å². The van der Waals surface area contributed by atoms with Crippen LogP contribution in [0.3, 0.4) is 0 Å². The molecule has 2 atom stereocenters. The number of halogens is 1. The molecule has 0 aromatic rings. The van der Waals surface area contributed by atoms with Crippen LogP contribution in [0.25, 0.3) is 0 Å². The SMILES string of the molecule is CC1CC(Cl)=N/C(=C2/CCCN2C(=O)OC(C)(C)C)C1C. The molecule has 0 aromatic carbocycles. The third-order valence-electron chi connectivity index (χ3n) is 4.05. The van der Waals surface area contributed by atoms with Crippen LogP contribution in [-0.2, 0) is 4.74 Å². The normalized spacial score (nSPS) is 30.4. The second-order valence-corrected chi connectivity index (χ2v) is 7.46. The molecule has 0 N–H and O–H groups in total. The van der Waals surface area contributed by atoms with E-state index >= 15 is 0 Å². The van der Waals surface area contributed by atoms with E-state index in [-0.39, 0.29) is 6.09 Å². The van der Waals surface area contributed by atoms with Crippen LogP contribution in [0, 0.1) is 11.8 Å². The Hall–Kier alpha value is -1.03. The standard InChI is InChI=1S/C16H25ClN2O2/c1-10-9-13(17)18-14(11(10)2)12-7-6-8-19(12)15(20)21-16(3,4)5/h10-11H,6-9H2,1-5H3/b14-12-. The molecule has 0 radical (unpaired) electrons. The molecule has 2 unspecified atom stereocenters. The van der Waals surface area contributed by atoms with Crippen molar-refractivity contribution >= 4 is 22.9 Å². The highest BCUT2D eigenvalue weighted by Gasteiger charge is 2.34. The number of hydrogen-bond donors (Lipinski definition) is 0. The minimum Gasteiger partial charge on any atom is -0.443 e. The van der Waals surface area contributed by atoms with Gasteiger partial charge in [0.2, 0.25) is 0 Å². The lowest BCUT2D eigenvalue weighted by Crippen LogP contribution is -2.35. The van der Waals surface area contributed by atoms with Gasteiger partial charge in [0.25, 0.3) is 0 Å². The minimum absolute atomic E-state index is 0.278. The summed E-state index contributed by atoms with van der Waals surface area (Å²) in [7, 11) is 0. The van der Waals surface area contributed by atoms with Crippen LogP contribution in [-0.4, -0.2) is 28.3 Å². The monoisotopic (exact) mass is 312 g/mol. The average molecular weight is 313 g/mol. The fourth-order valence-electron chi connectivity index (χ4n) is 2.78. The highest BCUT2D eigenvalue weighted by atomic mass is 35.5.